The highest BCUT2D eigenvalue weighted by atomic mass is 19.1. The van der Waals surface area contributed by atoms with E-state index in [-0.39, 0.29) is 11.8 Å². The molecule has 2 aromatic rings. The Morgan fingerprint density at radius 1 is 0.758 bits per heavy atom. The van der Waals surface area contributed by atoms with Crippen LogP contribution in [-0.4, -0.2) is 19.2 Å². The molecule has 176 valence electrons. The van der Waals surface area contributed by atoms with Gasteiger partial charge in [-0.2, -0.15) is 0 Å². The molecule has 0 saturated carbocycles. The van der Waals surface area contributed by atoms with Gasteiger partial charge in [0.1, 0.15) is 11.6 Å². The second-order valence-electron chi connectivity index (χ2n) is 8.23. The van der Waals surface area contributed by atoms with Crippen LogP contribution >= 0.6 is 0 Å². The SMILES string of the molecule is C=C(C)C(=O)OCCCCCCCCCCCOc1ccc(C#Cc2ccc(F)cc2)cc1. The van der Waals surface area contributed by atoms with Crippen molar-refractivity contribution in [3.63, 3.8) is 0 Å². The minimum atomic E-state index is -0.288. The van der Waals surface area contributed by atoms with Crippen LogP contribution in [0.4, 0.5) is 4.39 Å². The van der Waals surface area contributed by atoms with Crippen LogP contribution in [0.5, 0.6) is 5.75 Å². The average Bonchev–Trinajstić information content (AvgIpc) is 2.82. The van der Waals surface area contributed by atoms with E-state index in [1.54, 1.807) is 19.1 Å². The van der Waals surface area contributed by atoms with Gasteiger partial charge in [0.2, 0.25) is 0 Å². The van der Waals surface area contributed by atoms with Crippen molar-refractivity contribution in [2.24, 2.45) is 0 Å². The van der Waals surface area contributed by atoms with Crippen LogP contribution in [0.2, 0.25) is 0 Å². The summed E-state index contributed by atoms with van der Waals surface area (Å²) in [6, 6.07) is 13.9. The van der Waals surface area contributed by atoms with E-state index in [0.29, 0.717) is 12.2 Å². The van der Waals surface area contributed by atoms with Crippen molar-refractivity contribution in [3.8, 4) is 17.6 Å². The van der Waals surface area contributed by atoms with Crippen LogP contribution in [0, 0.1) is 17.7 Å². The second kappa shape index (κ2) is 15.7. The summed E-state index contributed by atoms with van der Waals surface area (Å²) in [4.78, 5) is 11.3. The molecule has 2 aromatic carbocycles. The molecule has 0 atom stereocenters. The summed E-state index contributed by atoms with van der Waals surface area (Å²) in [5, 5.41) is 0. The van der Waals surface area contributed by atoms with Crippen molar-refractivity contribution in [2.75, 3.05) is 13.2 Å². The normalized spacial score (nSPS) is 10.2. The first-order valence-corrected chi connectivity index (χ1v) is 11.9. The molecular weight excluding hydrogens is 415 g/mol. The van der Waals surface area contributed by atoms with Crippen LogP contribution in [0.1, 0.15) is 75.8 Å². The van der Waals surface area contributed by atoms with Crippen LogP contribution < -0.4 is 4.74 Å². The van der Waals surface area contributed by atoms with E-state index in [0.717, 1.165) is 42.7 Å². The van der Waals surface area contributed by atoms with E-state index < -0.39 is 0 Å². The maximum atomic E-state index is 12.9. The van der Waals surface area contributed by atoms with E-state index >= 15 is 0 Å². The highest BCUT2D eigenvalue weighted by Crippen LogP contribution is 2.14. The summed E-state index contributed by atoms with van der Waals surface area (Å²) in [5.74, 6) is 6.42. The zero-order valence-corrected chi connectivity index (χ0v) is 19.7. The number of carbonyl (C=O) groups is 1. The monoisotopic (exact) mass is 450 g/mol. The molecule has 0 aromatic heterocycles. The average molecular weight is 451 g/mol. The first-order chi connectivity index (χ1) is 16.0. The summed E-state index contributed by atoms with van der Waals surface area (Å²) >= 11 is 0. The molecule has 0 fully saturated rings. The standard InChI is InChI=1S/C29H35FO3/c1-24(2)29(31)33-23-11-9-7-5-3-4-6-8-10-22-32-28-20-16-26(17-21-28)13-12-25-14-18-27(30)19-15-25/h14-21H,1,3-11,22-23H2,2H3. The molecule has 0 amide bonds. The van der Waals surface area contributed by atoms with Crippen molar-refractivity contribution < 1.29 is 18.7 Å². The molecule has 2 rings (SSSR count). The molecular formula is C29H35FO3. The van der Waals surface area contributed by atoms with Crippen molar-refractivity contribution >= 4 is 5.97 Å². The lowest BCUT2D eigenvalue weighted by molar-refractivity contribution is -0.139. The molecule has 33 heavy (non-hydrogen) atoms. The van der Waals surface area contributed by atoms with E-state index in [1.807, 2.05) is 24.3 Å². The Kier molecular flexibility index (Phi) is 12.5. The molecule has 4 heteroatoms. The molecule has 0 aliphatic carbocycles. The van der Waals surface area contributed by atoms with E-state index in [9.17, 15) is 9.18 Å². The number of esters is 1. The van der Waals surface area contributed by atoms with Gasteiger partial charge in [0.15, 0.2) is 0 Å². The van der Waals surface area contributed by atoms with E-state index in [4.69, 9.17) is 9.47 Å². The minimum absolute atomic E-state index is 0.255. The Balaban J connectivity index is 1.45. The molecule has 0 bridgehead atoms. The zero-order valence-electron chi connectivity index (χ0n) is 19.7. The third-order valence-electron chi connectivity index (χ3n) is 5.19. The molecule has 0 saturated heterocycles. The van der Waals surface area contributed by atoms with Crippen LogP contribution in [-0.2, 0) is 9.53 Å². The quantitative estimate of drug-likeness (QED) is 0.132. The molecule has 0 unspecified atom stereocenters. The Labute approximate surface area is 198 Å². The third kappa shape index (κ3) is 11.9. The fraction of sp³-hybridized carbons (Fsp3) is 0.414. The van der Waals surface area contributed by atoms with E-state index in [2.05, 4.69) is 18.4 Å². The molecule has 0 aliphatic heterocycles. The van der Waals surface area contributed by atoms with Gasteiger partial charge in [0.25, 0.3) is 0 Å². The van der Waals surface area contributed by atoms with Gasteiger partial charge in [0.05, 0.1) is 13.2 Å². The highest BCUT2D eigenvalue weighted by molar-refractivity contribution is 5.86. The molecule has 0 radical (unpaired) electrons. The van der Waals surface area contributed by atoms with Gasteiger partial charge >= 0.3 is 5.97 Å². The highest BCUT2D eigenvalue weighted by Gasteiger charge is 2.01. The van der Waals surface area contributed by atoms with E-state index in [1.165, 1.54) is 50.7 Å². The van der Waals surface area contributed by atoms with Crippen molar-refractivity contribution in [2.45, 2.75) is 64.7 Å². The topological polar surface area (TPSA) is 35.5 Å². The summed E-state index contributed by atoms with van der Waals surface area (Å²) in [5.41, 5.74) is 2.15. The van der Waals surface area contributed by atoms with Gasteiger partial charge < -0.3 is 9.47 Å². The van der Waals surface area contributed by atoms with Crippen LogP contribution in [0.25, 0.3) is 0 Å². The van der Waals surface area contributed by atoms with Gasteiger partial charge in [-0.05, 0) is 68.3 Å². The maximum Gasteiger partial charge on any atom is 0.333 e. The molecule has 0 heterocycles. The largest absolute Gasteiger partial charge is 0.494 e. The van der Waals surface area contributed by atoms with Gasteiger partial charge in [-0.1, -0.05) is 63.4 Å². The number of rotatable bonds is 14. The fourth-order valence-electron chi connectivity index (χ4n) is 3.23. The fourth-order valence-corrected chi connectivity index (χ4v) is 3.23. The van der Waals surface area contributed by atoms with Gasteiger partial charge in [-0.15, -0.1) is 0 Å². The van der Waals surface area contributed by atoms with Crippen LogP contribution in [0.3, 0.4) is 0 Å². The Morgan fingerprint density at radius 2 is 1.21 bits per heavy atom. The van der Waals surface area contributed by atoms with Crippen molar-refractivity contribution in [3.05, 3.63) is 77.6 Å². The summed E-state index contributed by atoms with van der Waals surface area (Å²) < 4.78 is 23.8. The Bertz CT molecular complexity index is 905. The Hall–Kier alpha value is -3.06. The van der Waals surface area contributed by atoms with Crippen molar-refractivity contribution in [1.29, 1.82) is 0 Å². The number of hydrogen-bond acceptors (Lipinski definition) is 3. The summed E-state index contributed by atoms with van der Waals surface area (Å²) in [6.07, 6.45) is 10.4. The molecule has 0 spiro atoms. The number of unbranched alkanes of at least 4 members (excludes halogenated alkanes) is 8. The van der Waals surface area contributed by atoms with Crippen molar-refractivity contribution in [1.82, 2.24) is 0 Å². The van der Waals surface area contributed by atoms with Gasteiger partial charge in [-0.3, -0.25) is 0 Å². The zero-order chi connectivity index (χ0) is 23.7. The number of hydrogen-bond donors (Lipinski definition) is 0. The third-order valence-corrected chi connectivity index (χ3v) is 5.19. The summed E-state index contributed by atoms with van der Waals surface area (Å²) in [6.45, 7) is 6.46. The number of halogens is 1. The molecule has 0 N–H and O–H groups in total. The van der Waals surface area contributed by atoms with Crippen LogP contribution in [0.15, 0.2) is 60.7 Å². The first kappa shape index (κ1) is 26.2. The van der Waals surface area contributed by atoms with Gasteiger partial charge in [0, 0.05) is 16.7 Å². The number of ether oxygens (including phenoxy) is 2. The molecule has 3 nitrogen and oxygen atoms in total. The predicted molar refractivity (Wildman–Crippen MR) is 132 cm³/mol. The predicted octanol–water partition coefficient (Wildman–Crippen LogP) is 7.23. The second-order valence-corrected chi connectivity index (χ2v) is 8.23. The minimum Gasteiger partial charge on any atom is -0.494 e. The smallest absolute Gasteiger partial charge is 0.333 e. The lowest BCUT2D eigenvalue weighted by Gasteiger charge is -2.06. The summed E-state index contributed by atoms with van der Waals surface area (Å²) in [7, 11) is 0. The lowest BCUT2D eigenvalue weighted by atomic mass is 10.1. The molecule has 0 aliphatic rings. The Morgan fingerprint density at radius 3 is 1.73 bits per heavy atom. The van der Waals surface area contributed by atoms with Gasteiger partial charge in [-0.25, -0.2) is 9.18 Å². The number of carbonyl (C=O) groups excluding carboxylic acids is 1. The lowest BCUT2D eigenvalue weighted by Crippen LogP contribution is -2.05. The maximum absolute atomic E-state index is 12.9. The first-order valence-electron chi connectivity index (χ1n) is 11.9. The number of benzene rings is 2.